The van der Waals surface area contributed by atoms with Gasteiger partial charge in [-0.2, -0.15) is 0 Å². The lowest BCUT2D eigenvalue weighted by Crippen LogP contribution is -2.04. The summed E-state index contributed by atoms with van der Waals surface area (Å²) in [6, 6.07) is 10.7. The molecule has 0 amide bonds. The monoisotopic (exact) mass is 278 g/mol. The molecule has 0 spiro atoms. The molecule has 0 aliphatic rings. The van der Waals surface area contributed by atoms with Crippen molar-refractivity contribution in [3.63, 3.8) is 0 Å². The van der Waals surface area contributed by atoms with E-state index in [0.29, 0.717) is 5.56 Å². The molecule has 0 fully saturated rings. The fourth-order valence-corrected chi connectivity index (χ4v) is 2.43. The molecule has 1 atom stereocenters. The van der Waals surface area contributed by atoms with E-state index in [0.717, 1.165) is 16.7 Å². The first-order valence-corrected chi connectivity index (χ1v) is 6.54. The summed E-state index contributed by atoms with van der Waals surface area (Å²) in [4.78, 5) is 0. The Morgan fingerprint density at radius 3 is 2.42 bits per heavy atom. The van der Waals surface area contributed by atoms with E-state index in [-0.39, 0.29) is 11.4 Å². The minimum atomic E-state index is -0.730. The van der Waals surface area contributed by atoms with Gasteiger partial charge in [0.2, 0.25) is 0 Å². The average Bonchev–Trinajstić information content (AvgIpc) is 2.33. The number of halogens is 2. The third-order valence-corrected chi connectivity index (χ3v) is 3.37. The van der Waals surface area contributed by atoms with Crippen molar-refractivity contribution >= 4 is 11.6 Å². The van der Waals surface area contributed by atoms with Gasteiger partial charge in [-0.25, -0.2) is 4.39 Å². The lowest BCUT2D eigenvalue weighted by Gasteiger charge is -2.14. The summed E-state index contributed by atoms with van der Waals surface area (Å²) in [6.45, 7) is 3.95. The number of aliphatic hydroxyl groups is 1. The summed E-state index contributed by atoms with van der Waals surface area (Å²) in [5, 5.41) is 10.3. The molecule has 2 aromatic carbocycles. The number of hydrogen-bond donors (Lipinski definition) is 1. The fourth-order valence-electron chi connectivity index (χ4n) is 2.23. The molecule has 1 unspecified atom stereocenters. The highest BCUT2D eigenvalue weighted by Gasteiger charge is 2.13. The van der Waals surface area contributed by atoms with Crippen LogP contribution in [-0.2, 0) is 6.42 Å². The summed E-state index contributed by atoms with van der Waals surface area (Å²) in [5.74, 6) is -0.451. The van der Waals surface area contributed by atoms with Crippen molar-refractivity contribution in [3.8, 4) is 0 Å². The van der Waals surface area contributed by atoms with E-state index in [4.69, 9.17) is 11.6 Å². The quantitative estimate of drug-likeness (QED) is 0.884. The molecule has 0 radical (unpaired) electrons. The summed E-state index contributed by atoms with van der Waals surface area (Å²) >= 11 is 5.74. The molecule has 0 heterocycles. The molecule has 1 N–H and O–H groups in total. The first-order valence-electron chi connectivity index (χ1n) is 6.16. The van der Waals surface area contributed by atoms with E-state index >= 15 is 0 Å². The zero-order valence-corrected chi connectivity index (χ0v) is 11.7. The number of hydrogen-bond acceptors (Lipinski definition) is 1. The van der Waals surface area contributed by atoms with Gasteiger partial charge in [-0.1, -0.05) is 53.1 Å². The standard InChI is InChI=1S/C16H16ClFO/c1-10-6-11(2)8-13(7-10)15(19)9-12-4-3-5-14(17)16(12)18/h3-8,15,19H,9H2,1-2H3. The Bertz CT molecular complexity index is 575. The van der Waals surface area contributed by atoms with Crippen molar-refractivity contribution in [2.45, 2.75) is 26.4 Å². The second kappa shape index (κ2) is 5.72. The summed E-state index contributed by atoms with van der Waals surface area (Å²) in [6.07, 6.45) is -0.512. The van der Waals surface area contributed by atoms with Gasteiger partial charge in [-0.15, -0.1) is 0 Å². The predicted octanol–water partition coefficient (Wildman–Crippen LogP) is 4.37. The van der Waals surface area contributed by atoms with Gasteiger partial charge in [0.25, 0.3) is 0 Å². The predicted molar refractivity (Wildman–Crippen MR) is 76.0 cm³/mol. The Balaban J connectivity index is 2.25. The Kier molecular flexibility index (Phi) is 4.23. The maximum Gasteiger partial charge on any atom is 0.145 e. The topological polar surface area (TPSA) is 20.2 Å². The van der Waals surface area contributed by atoms with Gasteiger partial charge >= 0.3 is 0 Å². The van der Waals surface area contributed by atoms with E-state index in [1.807, 2.05) is 32.0 Å². The normalized spacial score (nSPS) is 12.5. The van der Waals surface area contributed by atoms with Crippen molar-refractivity contribution in [1.82, 2.24) is 0 Å². The minimum absolute atomic E-state index is 0.0881. The molecule has 2 aromatic rings. The van der Waals surface area contributed by atoms with Crippen LogP contribution < -0.4 is 0 Å². The molecule has 0 aromatic heterocycles. The van der Waals surface area contributed by atoms with Crippen LogP contribution in [-0.4, -0.2) is 5.11 Å². The maximum absolute atomic E-state index is 13.8. The van der Waals surface area contributed by atoms with Crippen LogP contribution in [0.5, 0.6) is 0 Å². The van der Waals surface area contributed by atoms with E-state index in [9.17, 15) is 9.50 Å². The number of rotatable bonds is 3. The van der Waals surface area contributed by atoms with Gasteiger partial charge in [0.15, 0.2) is 0 Å². The molecule has 19 heavy (non-hydrogen) atoms. The molecular formula is C16H16ClFO. The summed E-state index contributed by atoms with van der Waals surface area (Å²) < 4.78 is 13.8. The van der Waals surface area contributed by atoms with Gasteiger partial charge in [0.05, 0.1) is 11.1 Å². The van der Waals surface area contributed by atoms with Gasteiger partial charge < -0.3 is 5.11 Å². The average molecular weight is 279 g/mol. The van der Waals surface area contributed by atoms with Gasteiger partial charge in [0, 0.05) is 6.42 Å². The Morgan fingerprint density at radius 1 is 1.16 bits per heavy atom. The fraction of sp³-hybridized carbons (Fsp3) is 0.250. The largest absolute Gasteiger partial charge is 0.388 e. The van der Waals surface area contributed by atoms with Crippen molar-refractivity contribution in [1.29, 1.82) is 0 Å². The molecule has 2 rings (SSSR count). The van der Waals surface area contributed by atoms with Crippen LogP contribution in [0.4, 0.5) is 4.39 Å². The van der Waals surface area contributed by atoms with E-state index in [1.165, 1.54) is 6.07 Å². The van der Waals surface area contributed by atoms with Crippen LogP contribution in [0, 0.1) is 19.7 Å². The Morgan fingerprint density at radius 2 is 1.79 bits per heavy atom. The molecule has 0 saturated heterocycles. The third kappa shape index (κ3) is 3.34. The molecule has 0 bridgehead atoms. The first-order chi connectivity index (χ1) is 8.97. The molecule has 0 aliphatic carbocycles. The Labute approximate surface area is 117 Å². The number of aryl methyl sites for hydroxylation is 2. The third-order valence-electron chi connectivity index (χ3n) is 3.07. The highest BCUT2D eigenvalue weighted by atomic mass is 35.5. The Hall–Kier alpha value is -1.38. The number of benzene rings is 2. The van der Waals surface area contributed by atoms with Crippen molar-refractivity contribution in [2.24, 2.45) is 0 Å². The van der Waals surface area contributed by atoms with E-state index in [1.54, 1.807) is 12.1 Å². The lowest BCUT2D eigenvalue weighted by atomic mass is 9.98. The van der Waals surface area contributed by atoms with Crippen LogP contribution in [0.3, 0.4) is 0 Å². The van der Waals surface area contributed by atoms with Crippen LogP contribution >= 0.6 is 11.6 Å². The number of aliphatic hydroxyl groups excluding tert-OH is 1. The van der Waals surface area contributed by atoms with Crippen LogP contribution in [0.1, 0.15) is 28.4 Å². The van der Waals surface area contributed by atoms with E-state index in [2.05, 4.69) is 0 Å². The summed E-state index contributed by atoms with van der Waals surface area (Å²) in [5.41, 5.74) is 3.40. The van der Waals surface area contributed by atoms with Gasteiger partial charge in [0.1, 0.15) is 5.82 Å². The van der Waals surface area contributed by atoms with Crippen LogP contribution in [0.15, 0.2) is 36.4 Å². The molecule has 1 nitrogen and oxygen atoms in total. The molecule has 0 saturated carbocycles. The molecule has 0 aliphatic heterocycles. The van der Waals surface area contributed by atoms with E-state index < -0.39 is 11.9 Å². The van der Waals surface area contributed by atoms with Crippen LogP contribution in [0.25, 0.3) is 0 Å². The zero-order valence-electron chi connectivity index (χ0n) is 11.0. The van der Waals surface area contributed by atoms with Crippen molar-refractivity contribution < 1.29 is 9.50 Å². The van der Waals surface area contributed by atoms with Crippen molar-refractivity contribution in [3.05, 3.63) is 69.5 Å². The molecule has 100 valence electrons. The molecule has 3 heteroatoms. The maximum atomic E-state index is 13.8. The highest BCUT2D eigenvalue weighted by molar-refractivity contribution is 6.30. The zero-order chi connectivity index (χ0) is 14.0. The molecular weight excluding hydrogens is 263 g/mol. The lowest BCUT2D eigenvalue weighted by molar-refractivity contribution is 0.177. The second-order valence-corrected chi connectivity index (χ2v) is 5.26. The summed E-state index contributed by atoms with van der Waals surface area (Å²) in [7, 11) is 0. The van der Waals surface area contributed by atoms with Crippen molar-refractivity contribution in [2.75, 3.05) is 0 Å². The van der Waals surface area contributed by atoms with Gasteiger partial charge in [-0.05, 0) is 31.0 Å². The smallest absolute Gasteiger partial charge is 0.145 e. The van der Waals surface area contributed by atoms with Crippen LogP contribution in [0.2, 0.25) is 5.02 Å². The van der Waals surface area contributed by atoms with Gasteiger partial charge in [-0.3, -0.25) is 0 Å². The highest BCUT2D eigenvalue weighted by Crippen LogP contribution is 2.25. The minimum Gasteiger partial charge on any atom is -0.388 e. The second-order valence-electron chi connectivity index (χ2n) is 4.85. The SMILES string of the molecule is Cc1cc(C)cc(C(O)Cc2cccc(Cl)c2F)c1. The first kappa shape index (κ1) is 14.0.